The minimum Gasteiger partial charge on any atom is -0.0806 e. The largest absolute Gasteiger partial charge is 0.0806 e. The summed E-state index contributed by atoms with van der Waals surface area (Å²) in [6.07, 6.45) is 8.32. The fraction of sp³-hybridized carbons (Fsp3) is 0.217. The fourth-order valence-corrected chi connectivity index (χ4v) is 5.45. The van der Waals surface area contributed by atoms with Gasteiger partial charge in [-0.3, -0.25) is 0 Å². The van der Waals surface area contributed by atoms with Crippen molar-refractivity contribution >= 4 is 14.9 Å². The summed E-state index contributed by atoms with van der Waals surface area (Å²) in [5.41, 5.74) is 8.63. The molecule has 1 radical (unpaired) electrons. The van der Waals surface area contributed by atoms with E-state index in [1.807, 2.05) is 0 Å². The maximum Gasteiger partial charge on any atom is 0.0745 e. The molecule has 0 amide bonds. The Labute approximate surface area is 146 Å². The average molecular weight is 328 g/mol. The Kier molecular flexibility index (Phi) is 3.89. The third-order valence-corrected chi connectivity index (χ3v) is 6.95. The molecule has 24 heavy (non-hydrogen) atoms. The number of hydrogen-bond acceptors (Lipinski definition) is 0. The van der Waals surface area contributed by atoms with E-state index in [0.717, 1.165) is 6.42 Å². The summed E-state index contributed by atoms with van der Waals surface area (Å²) in [4.78, 5) is 0. The van der Waals surface area contributed by atoms with Gasteiger partial charge in [-0.15, -0.1) is 0 Å². The van der Waals surface area contributed by atoms with Gasteiger partial charge in [0.15, 0.2) is 0 Å². The van der Waals surface area contributed by atoms with E-state index in [0.29, 0.717) is 5.92 Å². The van der Waals surface area contributed by atoms with Crippen LogP contribution in [0.2, 0.25) is 13.1 Å². The SMILES string of the molecule is CC1=Cc2c(-c3ccccc3)cccc2C1C1=C([Si](C)C)CC=C1. The molecule has 0 heterocycles. The molecule has 0 N–H and O–H groups in total. The highest BCUT2D eigenvalue weighted by atomic mass is 28.3. The zero-order chi connectivity index (χ0) is 16.7. The van der Waals surface area contributed by atoms with Crippen LogP contribution in [-0.4, -0.2) is 8.80 Å². The molecule has 0 saturated heterocycles. The van der Waals surface area contributed by atoms with E-state index in [9.17, 15) is 0 Å². The first-order valence-electron chi connectivity index (χ1n) is 8.73. The van der Waals surface area contributed by atoms with Crippen molar-refractivity contribution in [2.75, 3.05) is 0 Å². The first-order chi connectivity index (χ1) is 11.7. The second-order valence-corrected chi connectivity index (χ2v) is 9.64. The molecule has 1 unspecified atom stereocenters. The minimum absolute atomic E-state index is 0.394. The van der Waals surface area contributed by atoms with Crippen LogP contribution in [0.1, 0.15) is 30.4 Å². The van der Waals surface area contributed by atoms with Crippen LogP contribution < -0.4 is 0 Å². The van der Waals surface area contributed by atoms with Gasteiger partial charge in [0.25, 0.3) is 0 Å². The van der Waals surface area contributed by atoms with Crippen molar-refractivity contribution in [2.45, 2.75) is 32.4 Å². The summed E-state index contributed by atoms with van der Waals surface area (Å²) in [6, 6.07) is 17.6. The average Bonchev–Trinajstić information content (AvgIpc) is 3.18. The topological polar surface area (TPSA) is 0 Å². The molecule has 119 valence electrons. The third kappa shape index (κ3) is 2.44. The number of benzene rings is 2. The zero-order valence-electron chi connectivity index (χ0n) is 14.6. The van der Waals surface area contributed by atoms with Crippen molar-refractivity contribution in [1.29, 1.82) is 0 Å². The van der Waals surface area contributed by atoms with E-state index in [1.54, 1.807) is 10.8 Å². The molecule has 0 saturated carbocycles. The van der Waals surface area contributed by atoms with Crippen LogP contribution in [0, 0.1) is 0 Å². The van der Waals surface area contributed by atoms with Gasteiger partial charge in [0.2, 0.25) is 0 Å². The first kappa shape index (κ1) is 15.4. The lowest BCUT2D eigenvalue weighted by molar-refractivity contribution is 0.972. The van der Waals surface area contributed by atoms with Gasteiger partial charge < -0.3 is 0 Å². The molecule has 0 spiro atoms. The van der Waals surface area contributed by atoms with E-state index >= 15 is 0 Å². The summed E-state index contributed by atoms with van der Waals surface area (Å²) in [7, 11) is -0.394. The summed E-state index contributed by atoms with van der Waals surface area (Å²) in [6.45, 7) is 7.14. The molecular weight excluding hydrogens is 304 g/mol. The minimum atomic E-state index is -0.394. The van der Waals surface area contributed by atoms with Crippen molar-refractivity contribution in [1.82, 2.24) is 0 Å². The number of fused-ring (bicyclic) bond motifs is 1. The van der Waals surface area contributed by atoms with E-state index in [-0.39, 0.29) is 0 Å². The maximum absolute atomic E-state index is 2.42. The quantitative estimate of drug-likeness (QED) is 0.572. The highest BCUT2D eigenvalue weighted by molar-refractivity contribution is 6.64. The van der Waals surface area contributed by atoms with Gasteiger partial charge in [-0.1, -0.05) is 90.6 Å². The van der Waals surface area contributed by atoms with Gasteiger partial charge in [0.05, 0.1) is 8.80 Å². The molecule has 4 rings (SSSR count). The molecule has 0 nitrogen and oxygen atoms in total. The predicted molar refractivity (Wildman–Crippen MR) is 107 cm³/mol. The predicted octanol–water partition coefficient (Wildman–Crippen LogP) is 6.40. The van der Waals surface area contributed by atoms with Crippen LogP contribution in [0.15, 0.2) is 77.0 Å². The Balaban J connectivity index is 1.87. The number of hydrogen-bond donors (Lipinski definition) is 0. The normalized spacial score (nSPS) is 19.2. The first-order valence-corrected chi connectivity index (χ1v) is 11.2. The molecule has 0 aliphatic heterocycles. The number of allylic oxidation sites excluding steroid dienone is 5. The van der Waals surface area contributed by atoms with Gasteiger partial charge in [0, 0.05) is 5.92 Å². The standard InChI is InChI=1S/C23H23Si/c1-16-15-21-18(17-9-5-4-6-10-17)11-7-12-19(21)23(16)20-13-8-14-22(20)24(2)3/h4-13,15,23H,14H2,1-3H3. The van der Waals surface area contributed by atoms with Gasteiger partial charge >= 0.3 is 0 Å². The summed E-state index contributed by atoms with van der Waals surface area (Å²) < 4.78 is 0. The lowest BCUT2D eigenvalue weighted by Crippen LogP contribution is -2.10. The van der Waals surface area contributed by atoms with Crippen LogP contribution >= 0.6 is 0 Å². The van der Waals surface area contributed by atoms with Crippen molar-refractivity contribution in [2.24, 2.45) is 0 Å². The van der Waals surface area contributed by atoms with E-state index in [1.165, 1.54) is 27.8 Å². The maximum atomic E-state index is 2.42. The number of rotatable bonds is 3. The van der Waals surface area contributed by atoms with Gasteiger partial charge in [-0.25, -0.2) is 0 Å². The van der Waals surface area contributed by atoms with Gasteiger partial charge in [-0.05, 0) is 41.2 Å². The fourth-order valence-electron chi connectivity index (χ4n) is 4.12. The van der Waals surface area contributed by atoms with Crippen LogP contribution in [0.25, 0.3) is 17.2 Å². The Morgan fingerprint density at radius 1 is 0.958 bits per heavy atom. The molecular formula is C23H23Si. The van der Waals surface area contributed by atoms with Crippen molar-refractivity contribution in [3.63, 3.8) is 0 Å². The molecule has 0 fully saturated rings. The molecule has 2 aromatic rings. The highest BCUT2D eigenvalue weighted by Crippen LogP contribution is 2.47. The summed E-state index contributed by atoms with van der Waals surface area (Å²) >= 11 is 0. The smallest absolute Gasteiger partial charge is 0.0745 e. The van der Waals surface area contributed by atoms with E-state index < -0.39 is 8.80 Å². The highest BCUT2D eigenvalue weighted by Gasteiger charge is 2.30. The van der Waals surface area contributed by atoms with Gasteiger partial charge in [0.1, 0.15) is 0 Å². The van der Waals surface area contributed by atoms with Crippen LogP contribution in [0.4, 0.5) is 0 Å². The van der Waals surface area contributed by atoms with E-state index in [4.69, 9.17) is 0 Å². The Hall–Kier alpha value is -2.12. The molecule has 2 aromatic carbocycles. The Morgan fingerprint density at radius 2 is 1.75 bits per heavy atom. The zero-order valence-corrected chi connectivity index (χ0v) is 15.6. The molecule has 2 aliphatic rings. The summed E-state index contributed by atoms with van der Waals surface area (Å²) in [5, 5.41) is 1.70. The second kappa shape index (κ2) is 6.07. The second-order valence-electron chi connectivity index (χ2n) is 7.04. The molecule has 1 atom stereocenters. The monoisotopic (exact) mass is 327 g/mol. The van der Waals surface area contributed by atoms with Crippen molar-refractivity contribution < 1.29 is 0 Å². The van der Waals surface area contributed by atoms with Gasteiger partial charge in [-0.2, -0.15) is 0 Å². The van der Waals surface area contributed by atoms with E-state index in [2.05, 4.69) is 86.8 Å². The van der Waals surface area contributed by atoms with Crippen molar-refractivity contribution in [3.05, 3.63) is 88.2 Å². The van der Waals surface area contributed by atoms with Crippen LogP contribution in [0.3, 0.4) is 0 Å². The lowest BCUT2D eigenvalue weighted by Gasteiger charge is -2.20. The summed E-state index contributed by atoms with van der Waals surface area (Å²) in [5.74, 6) is 0.456. The lowest BCUT2D eigenvalue weighted by atomic mass is 9.87. The molecule has 0 aromatic heterocycles. The van der Waals surface area contributed by atoms with Crippen LogP contribution in [0.5, 0.6) is 0 Å². The Morgan fingerprint density at radius 3 is 2.50 bits per heavy atom. The third-order valence-electron chi connectivity index (χ3n) is 5.25. The molecule has 1 heteroatoms. The Bertz CT molecular complexity index is 866. The molecule has 0 bridgehead atoms. The molecule has 2 aliphatic carbocycles. The van der Waals surface area contributed by atoms with Crippen molar-refractivity contribution in [3.8, 4) is 11.1 Å². The van der Waals surface area contributed by atoms with Crippen LogP contribution in [-0.2, 0) is 0 Å².